The fourth-order valence-corrected chi connectivity index (χ4v) is 1.42. The lowest BCUT2D eigenvalue weighted by Crippen LogP contribution is -2.30. The molecule has 72 valence electrons. The van der Waals surface area contributed by atoms with Gasteiger partial charge in [-0.05, 0) is 6.42 Å². The highest BCUT2D eigenvalue weighted by molar-refractivity contribution is 6.27. The molecule has 0 aliphatic carbocycles. The number of likely N-dealkylation sites (tertiary alicyclic amines) is 1. The van der Waals surface area contributed by atoms with Crippen molar-refractivity contribution in [3.8, 4) is 0 Å². The molecule has 1 saturated heterocycles. The second kappa shape index (κ2) is 5.62. The van der Waals surface area contributed by atoms with Crippen molar-refractivity contribution in [2.24, 2.45) is 0 Å². The Morgan fingerprint density at radius 3 is 2.83 bits per heavy atom. The molecular formula is C7H14Cl2N2O. The molecule has 1 rings (SSSR count). The topological polar surface area (TPSA) is 36.3 Å². The zero-order valence-electron chi connectivity index (χ0n) is 7.05. The van der Waals surface area contributed by atoms with E-state index in [1.807, 2.05) is 4.90 Å². The van der Waals surface area contributed by atoms with Crippen LogP contribution in [-0.4, -0.2) is 42.9 Å². The molecule has 1 atom stereocenters. The van der Waals surface area contributed by atoms with Crippen LogP contribution in [0.3, 0.4) is 0 Å². The summed E-state index contributed by atoms with van der Waals surface area (Å²) in [6.07, 6.45) is 1.30. The standard InChI is InChI=1S/C7H13ClN2O.ClH/c1-11-6-2-3-10(5-6)7(9)4-8;/h6,9H,2-5H2,1H3;1H. The highest BCUT2D eigenvalue weighted by Crippen LogP contribution is 2.11. The molecule has 1 fully saturated rings. The molecule has 0 amide bonds. The number of ether oxygens (including phenoxy) is 1. The van der Waals surface area contributed by atoms with E-state index in [0.717, 1.165) is 19.5 Å². The van der Waals surface area contributed by atoms with Crippen molar-refractivity contribution in [1.82, 2.24) is 4.90 Å². The van der Waals surface area contributed by atoms with E-state index in [1.165, 1.54) is 0 Å². The fraction of sp³-hybridized carbons (Fsp3) is 0.857. The van der Waals surface area contributed by atoms with Crippen LogP contribution in [0.5, 0.6) is 0 Å². The van der Waals surface area contributed by atoms with Crippen LogP contribution in [0, 0.1) is 5.41 Å². The monoisotopic (exact) mass is 212 g/mol. The summed E-state index contributed by atoms with van der Waals surface area (Å²) in [5, 5.41) is 7.44. The summed E-state index contributed by atoms with van der Waals surface area (Å²) in [6.45, 7) is 1.73. The van der Waals surface area contributed by atoms with E-state index in [4.69, 9.17) is 21.7 Å². The second-order valence-electron chi connectivity index (χ2n) is 2.67. The first kappa shape index (κ1) is 12.0. The molecule has 0 bridgehead atoms. The Morgan fingerprint density at radius 1 is 1.75 bits per heavy atom. The predicted molar refractivity (Wildman–Crippen MR) is 52.7 cm³/mol. The van der Waals surface area contributed by atoms with Gasteiger partial charge in [-0.3, -0.25) is 5.41 Å². The van der Waals surface area contributed by atoms with Gasteiger partial charge in [-0.15, -0.1) is 24.0 Å². The summed E-state index contributed by atoms with van der Waals surface area (Å²) < 4.78 is 5.15. The molecule has 1 N–H and O–H groups in total. The lowest BCUT2D eigenvalue weighted by atomic mass is 10.3. The quantitative estimate of drug-likeness (QED) is 0.427. The lowest BCUT2D eigenvalue weighted by Gasteiger charge is -2.16. The van der Waals surface area contributed by atoms with E-state index in [9.17, 15) is 0 Å². The average molecular weight is 213 g/mol. The number of alkyl halides is 1. The minimum Gasteiger partial charge on any atom is -0.380 e. The Balaban J connectivity index is 0.00000121. The summed E-state index contributed by atoms with van der Waals surface area (Å²) in [4.78, 5) is 1.96. The van der Waals surface area contributed by atoms with Crippen LogP contribution in [0.15, 0.2) is 0 Å². The number of amidine groups is 1. The van der Waals surface area contributed by atoms with E-state index < -0.39 is 0 Å². The maximum atomic E-state index is 7.44. The second-order valence-corrected chi connectivity index (χ2v) is 2.94. The molecule has 0 aromatic carbocycles. The van der Waals surface area contributed by atoms with Gasteiger partial charge < -0.3 is 9.64 Å². The van der Waals surface area contributed by atoms with E-state index in [1.54, 1.807) is 7.11 Å². The largest absolute Gasteiger partial charge is 0.380 e. The van der Waals surface area contributed by atoms with Crippen molar-refractivity contribution < 1.29 is 4.74 Å². The molecule has 1 unspecified atom stereocenters. The zero-order chi connectivity index (χ0) is 8.27. The van der Waals surface area contributed by atoms with Crippen LogP contribution in [0.2, 0.25) is 0 Å². The van der Waals surface area contributed by atoms with Gasteiger partial charge in [0.2, 0.25) is 0 Å². The van der Waals surface area contributed by atoms with Gasteiger partial charge >= 0.3 is 0 Å². The van der Waals surface area contributed by atoms with E-state index in [-0.39, 0.29) is 12.4 Å². The van der Waals surface area contributed by atoms with E-state index >= 15 is 0 Å². The summed E-state index contributed by atoms with van der Waals surface area (Å²) in [5.41, 5.74) is 0. The van der Waals surface area contributed by atoms with Crippen molar-refractivity contribution in [3.63, 3.8) is 0 Å². The van der Waals surface area contributed by atoms with Crippen LogP contribution < -0.4 is 0 Å². The first-order valence-corrected chi connectivity index (χ1v) is 4.22. The fourth-order valence-electron chi connectivity index (χ4n) is 1.25. The van der Waals surface area contributed by atoms with Gasteiger partial charge in [-0.25, -0.2) is 0 Å². The summed E-state index contributed by atoms with van der Waals surface area (Å²) in [7, 11) is 1.71. The third kappa shape index (κ3) is 2.81. The highest BCUT2D eigenvalue weighted by Gasteiger charge is 2.22. The smallest absolute Gasteiger partial charge is 0.111 e. The number of rotatable bonds is 2. The first-order chi connectivity index (χ1) is 5.27. The number of nitrogens with zero attached hydrogens (tertiary/aromatic N) is 1. The zero-order valence-corrected chi connectivity index (χ0v) is 8.62. The van der Waals surface area contributed by atoms with Gasteiger partial charge in [0.05, 0.1) is 12.0 Å². The molecule has 3 nitrogen and oxygen atoms in total. The molecule has 12 heavy (non-hydrogen) atoms. The number of hydrogen-bond donors (Lipinski definition) is 1. The van der Waals surface area contributed by atoms with E-state index in [0.29, 0.717) is 17.8 Å². The van der Waals surface area contributed by atoms with Gasteiger partial charge in [0.15, 0.2) is 0 Å². The Hall–Kier alpha value is 0.01000. The predicted octanol–water partition coefficient (Wildman–Crippen LogP) is 1.34. The van der Waals surface area contributed by atoms with Crippen molar-refractivity contribution >= 4 is 29.8 Å². The lowest BCUT2D eigenvalue weighted by molar-refractivity contribution is 0.114. The van der Waals surface area contributed by atoms with Gasteiger partial charge in [-0.2, -0.15) is 0 Å². The van der Waals surface area contributed by atoms with Crippen molar-refractivity contribution in [3.05, 3.63) is 0 Å². The first-order valence-electron chi connectivity index (χ1n) is 3.69. The van der Waals surface area contributed by atoms with Crippen molar-refractivity contribution in [1.29, 1.82) is 5.41 Å². The normalized spacial score (nSPS) is 22.2. The van der Waals surface area contributed by atoms with Crippen molar-refractivity contribution in [2.75, 3.05) is 26.1 Å². The number of hydrogen-bond acceptors (Lipinski definition) is 2. The number of methoxy groups -OCH3 is 1. The maximum absolute atomic E-state index is 7.44. The van der Waals surface area contributed by atoms with Gasteiger partial charge in [0.1, 0.15) is 5.84 Å². The molecule has 0 aromatic heterocycles. The average Bonchev–Trinajstić information content (AvgIpc) is 2.50. The molecule has 0 saturated carbocycles. The SMILES string of the molecule is COC1CCN(C(=N)CCl)C1.Cl. The van der Waals surface area contributed by atoms with Crippen LogP contribution in [-0.2, 0) is 4.74 Å². The summed E-state index contributed by atoms with van der Waals surface area (Å²) >= 11 is 5.52. The number of halogens is 2. The molecule has 0 radical (unpaired) electrons. The Kier molecular flexibility index (Phi) is 5.63. The minimum absolute atomic E-state index is 0. The Bertz CT molecular complexity index is 154. The van der Waals surface area contributed by atoms with Crippen molar-refractivity contribution in [2.45, 2.75) is 12.5 Å². The molecule has 0 spiro atoms. The summed E-state index contributed by atoms with van der Waals surface area (Å²) in [5.74, 6) is 0.808. The maximum Gasteiger partial charge on any atom is 0.111 e. The van der Waals surface area contributed by atoms with E-state index in [2.05, 4.69) is 0 Å². The van der Waals surface area contributed by atoms with Crippen LogP contribution >= 0.6 is 24.0 Å². The Morgan fingerprint density at radius 2 is 2.42 bits per heavy atom. The van der Waals surface area contributed by atoms with Crippen LogP contribution in [0.25, 0.3) is 0 Å². The molecule has 1 aliphatic heterocycles. The molecular weight excluding hydrogens is 199 g/mol. The van der Waals surface area contributed by atoms with Gasteiger partial charge in [0.25, 0.3) is 0 Å². The molecule has 0 aromatic rings. The third-order valence-electron chi connectivity index (χ3n) is 1.99. The van der Waals surface area contributed by atoms with Crippen LogP contribution in [0.4, 0.5) is 0 Å². The van der Waals surface area contributed by atoms with Gasteiger partial charge in [-0.1, -0.05) is 0 Å². The molecule has 1 aliphatic rings. The molecule has 1 heterocycles. The minimum atomic E-state index is 0. The van der Waals surface area contributed by atoms with Crippen LogP contribution in [0.1, 0.15) is 6.42 Å². The number of nitrogens with one attached hydrogen (secondary N) is 1. The summed E-state index contributed by atoms with van der Waals surface area (Å²) in [6, 6.07) is 0. The third-order valence-corrected chi connectivity index (χ3v) is 2.24. The highest BCUT2D eigenvalue weighted by atomic mass is 35.5. The van der Waals surface area contributed by atoms with Gasteiger partial charge in [0, 0.05) is 20.2 Å². The molecule has 5 heteroatoms. The Labute approximate surface area is 83.9 Å².